The summed E-state index contributed by atoms with van der Waals surface area (Å²) in [5.74, 6) is 0. The molecule has 0 saturated heterocycles. The maximum Gasteiger partial charge on any atom is 0.643 e. The minimum absolute atomic E-state index is 0. The highest BCUT2D eigenvalue weighted by Gasteiger charge is 2.62. The van der Waals surface area contributed by atoms with E-state index in [-0.39, 0.29) is 29.7 Å². The van der Waals surface area contributed by atoms with Gasteiger partial charge in [0.05, 0.1) is 22.4 Å². The summed E-state index contributed by atoms with van der Waals surface area (Å²) in [5, 5.41) is 0. The highest BCUT2D eigenvalue weighted by atomic mass is 28.6. The summed E-state index contributed by atoms with van der Waals surface area (Å²) >= 11 is 0. The highest BCUT2D eigenvalue weighted by Crippen LogP contribution is 2.35. The van der Waals surface area contributed by atoms with Crippen LogP contribution in [0.3, 0.4) is 0 Å². The van der Waals surface area contributed by atoms with Crippen LogP contribution in [-0.4, -0.2) is 65.7 Å². The lowest BCUT2D eigenvalue weighted by molar-refractivity contribution is 0.0130. The van der Waals surface area contributed by atoms with Crippen LogP contribution in [0.4, 0.5) is 0 Å². The van der Waals surface area contributed by atoms with E-state index in [9.17, 15) is 0 Å². The first-order valence-electron chi connectivity index (χ1n) is 13.3. The molecule has 0 unspecified atom stereocenters. The van der Waals surface area contributed by atoms with Gasteiger partial charge in [0.1, 0.15) is 0 Å². The van der Waals surface area contributed by atoms with Crippen LogP contribution in [0, 0.1) is 0 Å². The molecule has 0 aliphatic carbocycles. The third kappa shape index (κ3) is 25.8. The zero-order chi connectivity index (χ0) is 30.2. The smallest absolute Gasteiger partial charge is 0.390 e. The molecule has 13 heteroatoms. The first-order chi connectivity index (χ1) is 15.7. The van der Waals surface area contributed by atoms with Crippen molar-refractivity contribution in [2.24, 2.45) is 0 Å². The molecule has 0 aliphatic rings. The Balaban J connectivity index is -0.00000108. The molecule has 0 aromatic carbocycles. The molecule has 0 radical (unpaired) electrons. The average molecular weight is 681 g/mol. The fourth-order valence-electron chi connectivity index (χ4n) is 4.36. The van der Waals surface area contributed by atoms with Gasteiger partial charge in [-0.2, -0.15) is 0 Å². The quantitative estimate of drug-likeness (QED) is 0.189. The Morgan fingerprint density at radius 3 is 0.512 bits per heavy atom. The summed E-state index contributed by atoms with van der Waals surface area (Å²) in [6.45, 7) is 40.1. The van der Waals surface area contributed by atoms with Gasteiger partial charge in [-0.3, -0.25) is 0 Å². The summed E-state index contributed by atoms with van der Waals surface area (Å²) in [6.07, 6.45) is 0. The summed E-state index contributed by atoms with van der Waals surface area (Å²) in [6, 6.07) is 0. The lowest BCUT2D eigenvalue weighted by Gasteiger charge is -2.47. The minimum atomic E-state index is -3.99. The predicted octanol–water partition coefficient (Wildman–Crippen LogP) is 10.1. The Morgan fingerprint density at radius 1 is 0.293 bits per heavy atom. The van der Waals surface area contributed by atoms with Gasteiger partial charge in [-0.15, -0.1) is 0 Å². The summed E-state index contributed by atoms with van der Waals surface area (Å²) in [4.78, 5) is 0. The number of rotatable bonds is 12. The van der Waals surface area contributed by atoms with Gasteiger partial charge < -0.3 is 34.2 Å². The second-order valence-corrected chi connectivity index (χ2v) is 31.6. The summed E-state index contributed by atoms with van der Waals surface area (Å²) in [7, 11) is -15.4. The van der Waals surface area contributed by atoms with Crippen molar-refractivity contribution in [3.05, 3.63) is 0 Å². The van der Waals surface area contributed by atoms with E-state index in [1.807, 2.05) is 135 Å². The van der Waals surface area contributed by atoms with Gasteiger partial charge >= 0.3 is 43.3 Å². The molecular weight excluding hydrogens is 605 g/mol. The van der Waals surface area contributed by atoms with E-state index in [0.29, 0.717) is 0 Å². The van der Waals surface area contributed by atoms with E-state index in [2.05, 4.69) is 0 Å². The Hall–Kier alpha value is 0.764. The molecule has 0 saturated carbocycles. The highest BCUT2D eigenvalue weighted by molar-refractivity contribution is 6.88. The van der Waals surface area contributed by atoms with Crippen LogP contribution in [0.25, 0.3) is 0 Å². The van der Waals surface area contributed by atoms with Crippen LogP contribution in [0.15, 0.2) is 0 Å². The van der Waals surface area contributed by atoms with Gasteiger partial charge in [0, 0.05) is 0 Å². The van der Waals surface area contributed by atoms with E-state index < -0.39 is 65.7 Å². The zero-order valence-electron chi connectivity index (χ0n) is 27.8. The molecule has 0 amide bonds. The van der Waals surface area contributed by atoms with Crippen molar-refractivity contribution in [1.29, 1.82) is 0 Å². The third-order valence-electron chi connectivity index (χ3n) is 3.69. The van der Waals surface area contributed by atoms with Crippen LogP contribution in [0.1, 0.15) is 113 Å². The minimum Gasteiger partial charge on any atom is -0.390 e. The maximum absolute atomic E-state index is 6.91. The normalized spacial score (nSPS) is 14.3. The van der Waals surface area contributed by atoms with Crippen molar-refractivity contribution in [3.8, 4) is 0 Å². The van der Waals surface area contributed by atoms with Crippen molar-refractivity contribution < 1.29 is 34.2 Å². The SMILES string of the molecule is C.C.C.C.CC(C)(C)O[Si](C)(C)O[Si](O[Si](C)(C)OC(C)(C)C)(O[Si](C)(C)OC(C)(C)C)O[Si](C)(C)OC(C)(C)C. The number of hydrogen-bond acceptors (Lipinski definition) is 8. The molecule has 0 aromatic rings. The van der Waals surface area contributed by atoms with Gasteiger partial charge in [0.15, 0.2) is 0 Å². The lowest BCUT2D eigenvalue weighted by atomic mass is 10.2. The van der Waals surface area contributed by atoms with Crippen molar-refractivity contribution in [2.75, 3.05) is 0 Å². The predicted molar refractivity (Wildman–Crippen MR) is 190 cm³/mol. The molecule has 0 spiro atoms. The number of hydrogen-bond donors (Lipinski definition) is 0. The van der Waals surface area contributed by atoms with E-state index in [1.165, 1.54) is 0 Å². The molecular formula is C28H76O8Si5. The van der Waals surface area contributed by atoms with Crippen molar-refractivity contribution in [3.63, 3.8) is 0 Å². The summed E-state index contributed by atoms with van der Waals surface area (Å²) in [5.41, 5.74) is -1.69. The van der Waals surface area contributed by atoms with Crippen LogP contribution >= 0.6 is 0 Å². The molecule has 0 atom stereocenters. The van der Waals surface area contributed by atoms with E-state index in [1.54, 1.807) is 0 Å². The zero-order valence-corrected chi connectivity index (χ0v) is 32.8. The molecule has 0 N–H and O–H groups in total. The van der Waals surface area contributed by atoms with Crippen molar-refractivity contribution in [2.45, 2.75) is 188 Å². The largest absolute Gasteiger partial charge is 0.643 e. The van der Waals surface area contributed by atoms with Gasteiger partial charge in [-0.05, 0) is 135 Å². The molecule has 41 heavy (non-hydrogen) atoms. The maximum atomic E-state index is 6.91. The monoisotopic (exact) mass is 680 g/mol. The molecule has 8 nitrogen and oxygen atoms in total. The van der Waals surface area contributed by atoms with Crippen LogP contribution in [-0.2, 0) is 34.2 Å². The lowest BCUT2D eigenvalue weighted by Crippen LogP contribution is -2.69. The van der Waals surface area contributed by atoms with Crippen molar-refractivity contribution in [1.82, 2.24) is 0 Å². The molecule has 0 fully saturated rings. The van der Waals surface area contributed by atoms with Gasteiger partial charge in [0.25, 0.3) is 0 Å². The van der Waals surface area contributed by atoms with Gasteiger partial charge in [0.2, 0.25) is 0 Å². The molecule has 0 heterocycles. The molecule has 256 valence electrons. The van der Waals surface area contributed by atoms with Crippen LogP contribution < -0.4 is 0 Å². The molecule has 0 bridgehead atoms. The average Bonchev–Trinajstić information content (AvgIpc) is 2.29. The molecule has 0 aliphatic heterocycles. The Bertz CT molecular complexity index is 606. The second-order valence-electron chi connectivity index (χ2n) is 15.4. The second kappa shape index (κ2) is 16.4. The van der Waals surface area contributed by atoms with E-state index in [0.717, 1.165) is 0 Å². The van der Waals surface area contributed by atoms with Crippen LogP contribution in [0.2, 0.25) is 52.4 Å². The standard InChI is InChI=1S/C24H60O8Si5.4CH4/c1-21(2,3)25-33(13,14)29-37(30-34(15,16)26-22(4,5)6,31-35(17,18)27-23(7,8)9)32-36(19,20)28-24(10,11)12;;;;/h1-20H3;4*1H4. The molecule has 0 rings (SSSR count). The topological polar surface area (TPSA) is 73.8 Å². The fourth-order valence-corrected chi connectivity index (χ4v) is 23.8. The Kier molecular flexibility index (Phi) is 20.5. The fraction of sp³-hybridized carbons (Fsp3) is 1.00. The third-order valence-corrected chi connectivity index (χ3v) is 20.0. The van der Waals surface area contributed by atoms with Crippen molar-refractivity contribution >= 4 is 43.3 Å². The Morgan fingerprint density at radius 2 is 0.415 bits per heavy atom. The van der Waals surface area contributed by atoms with E-state index >= 15 is 0 Å². The first-order valence-corrected chi connectivity index (χ1v) is 26.2. The van der Waals surface area contributed by atoms with E-state index in [4.69, 9.17) is 34.2 Å². The van der Waals surface area contributed by atoms with Crippen LogP contribution in [0.5, 0.6) is 0 Å². The van der Waals surface area contributed by atoms with Gasteiger partial charge in [-0.1, -0.05) is 29.7 Å². The molecule has 0 aromatic heterocycles. The Labute approximate surface area is 264 Å². The van der Waals surface area contributed by atoms with Gasteiger partial charge in [-0.25, -0.2) is 0 Å². The summed E-state index contributed by atoms with van der Waals surface area (Å²) < 4.78 is 53.5. The first kappa shape index (κ1) is 51.3.